The number of rotatable bonds is 1. The first kappa shape index (κ1) is 11.7. The number of hydrogen-bond donors (Lipinski definition) is 0. The van der Waals surface area contributed by atoms with Gasteiger partial charge in [0.05, 0.1) is 8.07 Å². The van der Waals surface area contributed by atoms with Crippen LogP contribution in [-0.2, 0) is 0 Å². The maximum absolute atomic E-state index is 3.85. The fourth-order valence-corrected chi connectivity index (χ4v) is 7.50. The Morgan fingerprint density at radius 2 is 1.73 bits per heavy atom. The van der Waals surface area contributed by atoms with Gasteiger partial charge in [-0.15, -0.1) is 0 Å². The van der Waals surface area contributed by atoms with Gasteiger partial charge in [0, 0.05) is 5.92 Å². The zero-order valence-electron chi connectivity index (χ0n) is 10.4. The average Bonchev–Trinajstić information content (AvgIpc) is 2.60. The van der Waals surface area contributed by atoms with Crippen molar-refractivity contribution in [2.45, 2.75) is 45.3 Å². The number of halogens is 1. The topological polar surface area (TPSA) is 0 Å². The summed E-state index contributed by atoms with van der Waals surface area (Å²) in [5, 5.41) is 2.24. The first-order valence-corrected chi connectivity index (χ1v) is 9.63. The van der Waals surface area contributed by atoms with Gasteiger partial charge >= 0.3 is 0 Å². The predicted octanol–water partition coefficient (Wildman–Crippen LogP) is 4.89. The third-order valence-corrected chi connectivity index (χ3v) is 11.7. The summed E-state index contributed by atoms with van der Waals surface area (Å²) in [4.78, 5) is 0. The lowest BCUT2D eigenvalue weighted by atomic mass is 10.2. The van der Waals surface area contributed by atoms with E-state index in [2.05, 4.69) is 61.9 Å². The van der Waals surface area contributed by atoms with E-state index in [9.17, 15) is 0 Å². The summed E-state index contributed by atoms with van der Waals surface area (Å²) < 4.78 is 1.53. The Morgan fingerprint density at radius 3 is 2.13 bits per heavy atom. The van der Waals surface area contributed by atoms with Crippen molar-refractivity contribution in [3.05, 3.63) is 21.8 Å². The Kier molecular flexibility index (Phi) is 2.59. The van der Waals surface area contributed by atoms with Crippen molar-refractivity contribution in [1.82, 2.24) is 0 Å². The summed E-state index contributed by atoms with van der Waals surface area (Å²) in [5.41, 5.74) is 0. The Labute approximate surface area is 103 Å². The van der Waals surface area contributed by atoms with E-state index >= 15 is 0 Å². The summed E-state index contributed by atoms with van der Waals surface area (Å²) in [6.07, 6.45) is 6.15. The third kappa shape index (κ3) is 1.61. The van der Waals surface area contributed by atoms with Crippen molar-refractivity contribution in [3.63, 3.8) is 0 Å². The fraction of sp³-hybridized carbons (Fsp3) is 0.692. The molecule has 2 unspecified atom stereocenters. The monoisotopic (exact) mass is 284 g/mol. The molecule has 2 atom stereocenters. The molecule has 0 heterocycles. The van der Waals surface area contributed by atoms with Crippen LogP contribution in [0.5, 0.6) is 0 Å². The van der Waals surface area contributed by atoms with E-state index in [0.29, 0.717) is 11.0 Å². The van der Waals surface area contributed by atoms with Crippen LogP contribution in [0.1, 0.15) is 27.2 Å². The summed E-state index contributed by atoms with van der Waals surface area (Å²) in [6, 6.07) is 0. The van der Waals surface area contributed by atoms with Crippen molar-refractivity contribution in [1.29, 1.82) is 0 Å². The average molecular weight is 285 g/mol. The largest absolute Gasteiger partial charge is 0.0826 e. The van der Waals surface area contributed by atoms with E-state index in [0.717, 1.165) is 5.92 Å². The van der Waals surface area contributed by atoms with Gasteiger partial charge in [0.2, 0.25) is 0 Å². The zero-order chi connectivity index (χ0) is 11.4. The predicted molar refractivity (Wildman–Crippen MR) is 73.9 cm³/mol. The molecule has 0 aromatic carbocycles. The number of hydrogen-bond acceptors (Lipinski definition) is 0. The first-order valence-electron chi connectivity index (χ1n) is 5.83. The van der Waals surface area contributed by atoms with E-state index in [1.54, 1.807) is 5.20 Å². The normalized spacial score (nSPS) is 30.5. The van der Waals surface area contributed by atoms with Gasteiger partial charge in [-0.25, -0.2) is 0 Å². The molecule has 0 aromatic rings. The molecule has 0 spiro atoms. The second kappa shape index (κ2) is 3.33. The van der Waals surface area contributed by atoms with Gasteiger partial charge < -0.3 is 0 Å². The molecule has 2 heteroatoms. The molecule has 0 aromatic heterocycles. The number of allylic oxidation sites excluding steroid dienone is 4. The summed E-state index contributed by atoms with van der Waals surface area (Å²) in [5.74, 6) is 1.46. The molecule has 0 saturated carbocycles. The van der Waals surface area contributed by atoms with Gasteiger partial charge in [-0.2, -0.15) is 0 Å². The molecule has 2 aliphatic carbocycles. The smallest absolute Gasteiger partial charge is 0.0810 e. The van der Waals surface area contributed by atoms with Crippen molar-refractivity contribution in [2.75, 3.05) is 0 Å². The molecule has 2 aliphatic rings. The summed E-state index contributed by atoms with van der Waals surface area (Å²) >= 11 is 3.85. The van der Waals surface area contributed by atoms with Gasteiger partial charge in [0.15, 0.2) is 0 Å². The van der Waals surface area contributed by atoms with Gasteiger partial charge in [-0.05, 0) is 21.9 Å². The van der Waals surface area contributed by atoms with Crippen LogP contribution in [0.2, 0.25) is 18.1 Å². The second-order valence-corrected chi connectivity index (χ2v) is 12.6. The Morgan fingerprint density at radius 1 is 1.20 bits per heavy atom. The molecule has 0 aliphatic heterocycles. The molecule has 0 fully saturated rings. The first-order chi connectivity index (χ1) is 6.75. The molecule has 84 valence electrons. The molecular weight excluding hydrogens is 264 g/mol. The highest BCUT2D eigenvalue weighted by Crippen LogP contribution is 2.54. The highest BCUT2D eigenvalue weighted by molar-refractivity contribution is 9.11. The molecule has 0 nitrogen and oxygen atoms in total. The van der Waals surface area contributed by atoms with E-state index in [1.807, 2.05) is 0 Å². The molecule has 15 heavy (non-hydrogen) atoms. The minimum Gasteiger partial charge on any atom is -0.0810 e. The van der Waals surface area contributed by atoms with E-state index in [-0.39, 0.29) is 0 Å². The second-order valence-electron chi connectivity index (χ2n) is 6.47. The minimum atomic E-state index is -1.31. The van der Waals surface area contributed by atoms with Crippen LogP contribution >= 0.6 is 15.9 Å². The third-order valence-electron chi connectivity index (χ3n) is 4.59. The van der Waals surface area contributed by atoms with Crippen molar-refractivity contribution < 1.29 is 0 Å². The van der Waals surface area contributed by atoms with Gasteiger partial charge in [0.1, 0.15) is 0 Å². The molecule has 0 radical (unpaired) electrons. The lowest BCUT2D eigenvalue weighted by Gasteiger charge is -2.41. The van der Waals surface area contributed by atoms with Crippen molar-refractivity contribution in [2.24, 2.45) is 11.8 Å². The van der Waals surface area contributed by atoms with Crippen molar-refractivity contribution >= 4 is 24.0 Å². The van der Waals surface area contributed by atoms with Gasteiger partial charge in [-0.3, -0.25) is 0 Å². The molecule has 0 saturated heterocycles. The minimum absolute atomic E-state index is 0.458. The molecule has 2 bridgehead atoms. The zero-order valence-corrected chi connectivity index (χ0v) is 13.0. The maximum atomic E-state index is 3.85. The van der Waals surface area contributed by atoms with Crippen LogP contribution in [0, 0.1) is 11.8 Å². The van der Waals surface area contributed by atoms with Crippen LogP contribution in [0.3, 0.4) is 0 Å². The fourth-order valence-electron chi connectivity index (χ4n) is 2.64. The van der Waals surface area contributed by atoms with E-state index in [4.69, 9.17) is 0 Å². The van der Waals surface area contributed by atoms with E-state index < -0.39 is 8.07 Å². The standard InChI is InChI=1S/C13H21BrSi/c1-13(2,3)15(4,5)12-10-7-6-9(8-10)11(12)14/h6-7,9-10H,8H2,1-5H3. The number of fused-ring (bicyclic) bond motifs is 2. The van der Waals surface area contributed by atoms with Gasteiger partial charge in [0.25, 0.3) is 0 Å². The lowest BCUT2D eigenvalue weighted by molar-refractivity contribution is 0.694. The van der Waals surface area contributed by atoms with Gasteiger partial charge in [-0.1, -0.05) is 67.1 Å². The Hall–Kier alpha value is 0.177. The van der Waals surface area contributed by atoms with Crippen LogP contribution in [0.4, 0.5) is 0 Å². The quantitative estimate of drug-likeness (QED) is 0.475. The van der Waals surface area contributed by atoms with Crippen LogP contribution < -0.4 is 0 Å². The summed E-state index contributed by atoms with van der Waals surface area (Å²) in [6.45, 7) is 12.3. The molecule has 2 rings (SSSR count). The molecule has 0 amide bonds. The van der Waals surface area contributed by atoms with Crippen LogP contribution in [0.15, 0.2) is 21.8 Å². The maximum Gasteiger partial charge on any atom is 0.0826 e. The Balaban J connectivity index is 2.41. The summed E-state index contributed by atoms with van der Waals surface area (Å²) in [7, 11) is -1.31. The van der Waals surface area contributed by atoms with E-state index in [1.165, 1.54) is 10.9 Å². The molecule has 0 N–H and O–H groups in total. The molecular formula is C13H21BrSi. The highest BCUT2D eigenvalue weighted by atomic mass is 79.9. The Bertz CT molecular complexity index is 344. The highest BCUT2D eigenvalue weighted by Gasteiger charge is 2.47. The van der Waals surface area contributed by atoms with Crippen LogP contribution in [0.25, 0.3) is 0 Å². The SMILES string of the molecule is CC(C)(C)[Si](C)(C)C1=C(Br)C2C=CC1C2. The van der Waals surface area contributed by atoms with Crippen molar-refractivity contribution in [3.8, 4) is 0 Å². The van der Waals surface area contributed by atoms with Crippen LogP contribution in [-0.4, -0.2) is 8.07 Å². The lowest BCUT2D eigenvalue weighted by Crippen LogP contribution is -2.41.